The van der Waals surface area contributed by atoms with Gasteiger partial charge in [0.15, 0.2) is 0 Å². The maximum Gasteiger partial charge on any atom is 0.220 e. The molecule has 0 saturated heterocycles. The molecule has 1 heterocycles. The smallest absolute Gasteiger partial charge is 0.220 e. The first-order chi connectivity index (χ1) is 10.1. The molecule has 5 heteroatoms. The zero-order valence-corrected chi connectivity index (χ0v) is 15.0. The minimum atomic E-state index is -0.435. The number of aliphatic hydroxyl groups excluding tert-OH is 1. The SMILES string of the molecule is Cc1nn(C)c(C)c1CCC(=O)NCC(C)(C)C(O)C(C)C. The van der Waals surface area contributed by atoms with Crippen LogP contribution in [0.1, 0.15) is 51.1 Å². The minimum Gasteiger partial charge on any atom is -0.392 e. The summed E-state index contributed by atoms with van der Waals surface area (Å²) in [5.74, 6) is 0.194. The van der Waals surface area contributed by atoms with E-state index in [-0.39, 0.29) is 17.2 Å². The molecule has 0 aliphatic heterocycles. The van der Waals surface area contributed by atoms with E-state index in [2.05, 4.69) is 10.4 Å². The van der Waals surface area contributed by atoms with Crippen molar-refractivity contribution in [2.45, 2.75) is 60.5 Å². The summed E-state index contributed by atoms with van der Waals surface area (Å²) in [5, 5.41) is 17.5. The Morgan fingerprint density at radius 1 is 1.36 bits per heavy atom. The van der Waals surface area contributed by atoms with Crippen molar-refractivity contribution in [1.29, 1.82) is 0 Å². The lowest BCUT2D eigenvalue weighted by molar-refractivity contribution is -0.122. The largest absolute Gasteiger partial charge is 0.392 e. The highest BCUT2D eigenvalue weighted by Crippen LogP contribution is 2.25. The summed E-state index contributed by atoms with van der Waals surface area (Å²) in [5.41, 5.74) is 2.92. The Morgan fingerprint density at radius 3 is 2.41 bits per heavy atom. The van der Waals surface area contributed by atoms with Crippen LogP contribution in [0.15, 0.2) is 0 Å². The Labute approximate surface area is 134 Å². The van der Waals surface area contributed by atoms with Gasteiger partial charge in [-0.3, -0.25) is 9.48 Å². The summed E-state index contributed by atoms with van der Waals surface area (Å²) in [4.78, 5) is 12.1. The monoisotopic (exact) mass is 309 g/mol. The fourth-order valence-corrected chi connectivity index (χ4v) is 2.84. The molecule has 2 N–H and O–H groups in total. The molecule has 1 aromatic rings. The number of rotatable bonds is 7. The van der Waals surface area contributed by atoms with Gasteiger partial charge >= 0.3 is 0 Å². The number of hydrogen-bond donors (Lipinski definition) is 2. The predicted octanol–water partition coefficient (Wildman–Crippen LogP) is 2.13. The molecule has 0 bridgehead atoms. The maximum atomic E-state index is 12.1. The second kappa shape index (κ2) is 7.27. The number of aryl methyl sites for hydroxylation is 2. The van der Waals surface area contributed by atoms with Gasteiger partial charge in [0.05, 0.1) is 11.8 Å². The molecule has 1 aromatic heterocycles. The summed E-state index contributed by atoms with van der Waals surface area (Å²) >= 11 is 0. The standard InChI is InChI=1S/C17H31N3O2/c1-11(2)16(22)17(5,6)10-18-15(21)9-8-14-12(3)19-20(7)13(14)4/h11,16,22H,8-10H2,1-7H3,(H,18,21). The Hall–Kier alpha value is -1.36. The molecule has 1 unspecified atom stereocenters. The first-order valence-electron chi connectivity index (χ1n) is 8.00. The zero-order valence-electron chi connectivity index (χ0n) is 15.0. The Bertz CT molecular complexity index is 518. The van der Waals surface area contributed by atoms with Crippen LogP contribution < -0.4 is 5.32 Å². The number of amides is 1. The number of carbonyl (C=O) groups excluding carboxylic acids is 1. The molecule has 1 atom stereocenters. The molecule has 0 spiro atoms. The molecular formula is C17H31N3O2. The summed E-state index contributed by atoms with van der Waals surface area (Å²) < 4.78 is 1.85. The number of hydrogen-bond acceptors (Lipinski definition) is 3. The van der Waals surface area contributed by atoms with Gasteiger partial charge in [-0.1, -0.05) is 27.7 Å². The van der Waals surface area contributed by atoms with Crippen molar-refractivity contribution in [3.63, 3.8) is 0 Å². The molecule has 5 nitrogen and oxygen atoms in total. The van der Waals surface area contributed by atoms with Crippen LogP contribution in [0.5, 0.6) is 0 Å². The zero-order chi connectivity index (χ0) is 17.1. The highest BCUT2D eigenvalue weighted by Gasteiger charge is 2.30. The third-order valence-electron chi connectivity index (χ3n) is 4.43. The van der Waals surface area contributed by atoms with E-state index in [1.54, 1.807) is 0 Å². The number of nitrogens with one attached hydrogen (secondary N) is 1. The topological polar surface area (TPSA) is 67.2 Å². The second-order valence-corrected chi connectivity index (χ2v) is 7.23. The van der Waals surface area contributed by atoms with Crippen LogP contribution in [0.3, 0.4) is 0 Å². The van der Waals surface area contributed by atoms with Crippen molar-refractivity contribution in [1.82, 2.24) is 15.1 Å². The lowest BCUT2D eigenvalue weighted by Crippen LogP contribution is -2.43. The third-order valence-corrected chi connectivity index (χ3v) is 4.43. The minimum absolute atomic E-state index is 0.0201. The Kier molecular flexibility index (Phi) is 6.17. The van der Waals surface area contributed by atoms with Gasteiger partial charge in [0.2, 0.25) is 5.91 Å². The van der Waals surface area contributed by atoms with Gasteiger partial charge in [-0.15, -0.1) is 0 Å². The molecule has 0 aliphatic rings. The molecule has 22 heavy (non-hydrogen) atoms. The normalized spacial score (nSPS) is 13.5. The fourth-order valence-electron chi connectivity index (χ4n) is 2.84. The number of nitrogens with zero attached hydrogens (tertiary/aromatic N) is 2. The molecule has 0 aliphatic carbocycles. The summed E-state index contributed by atoms with van der Waals surface area (Å²) in [6.07, 6.45) is 0.710. The fraction of sp³-hybridized carbons (Fsp3) is 0.765. The van der Waals surface area contributed by atoms with E-state index in [1.807, 2.05) is 53.3 Å². The van der Waals surface area contributed by atoms with E-state index in [1.165, 1.54) is 0 Å². The van der Waals surface area contributed by atoms with Crippen LogP contribution in [-0.4, -0.2) is 33.4 Å². The number of aliphatic hydroxyl groups is 1. The van der Waals surface area contributed by atoms with Gasteiger partial charge in [-0.25, -0.2) is 0 Å². The van der Waals surface area contributed by atoms with Crippen LogP contribution in [0.2, 0.25) is 0 Å². The molecule has 0 saturated carbocycles. The molecule has 126 valence electrons. The second-order valence-electron chi connectivity index (χ2n) is 7.23. The molecule has 1 rings (SSSR count). The maximum absolute atomic E-state index is 12.1. The van der Waals surface area contributed by atoms with Crippen LogP contribution in [0, 0.1) is 25.2 Å². The molecule has 0 aromatic carbocycles. The summed E-state index contributed by atoms with van der Waals surface area (Å²) in [6, 6.07) is 0. The van der Waals surface area contributed by atoms with Gasteiger partial charge in [0.25, 0.3) is 0 Å². The highest BCUT2D eigenvalue weighted by atomic mass is 16.3. The molecule has 1 amide bonds. The first-order valence-corrected chi connectivity index (χ1v) is 8.00. The van der Waals surface area contributed by atoms with E-state index < -0.39 is 6.10 Å². The van der Waals surface area contributed by atoms with E-state index in [4.69, 9.17) is 0 Å². The number of aromatic nitrogens is 2. The van der Waals surface area contributed by atoms with Crippen molar-refractivity contribution < 1.29 is 9.90 Å². The van der Waals surface area contributed by atoms with Gasteiger partial charge < -0.3 is 10.4 Å². The summed E-state index contributed by atoms with van der Waals surface area (Å²) in [7, 11) is 1.92. The molecule has 0 fully saturated rings. The van der Waals surface area contributed by atoms with Gasteiger partial charge in [0.1, 0.15) is 0 Å². The lowest BCUT2D eigenvalue weighted by Gasteiger charge is -2.33. The molecule has 0 radical (unpaired) electrons. The van der Waals surface area contributed by atoms with Gasteiger partial charge in [-0.2, -0.15) is 5.10 Å². The van der Waals surface area contributed by atoms with E-state index >= 15 is 0 Å². The van der Waals surface area contributed by atoms with E-state index in [9.17, 15) is 9.90 Å². The van der Waals surface area contributed by atoms with Crippen molar-refractivity contribution in [3.8, 4) is 0 Å². The number of carbonyl (C=O) groups is 1. The van der Waals surface area contributed by atoms with E-state index in [0.29, 0.717) is 19.4 Å². The first kappa shape index (κ1) is 18.7. The van der Waals surface area contributed by atoms with E-state index in [0.717, 1.165) is 17.0 Å². The van der Waals surface area contributed by atoms with Crippen LogP contribution >= 0.6 is 0 Å². The lowest BCUT2D eigenvalue weighted by atomic mass is 9.80. The van der Waals surface area contributed by atoms with Crippen LogP contribution in [0.25, 0.3) is 0 Å². The quantitative estimate of drug-likeness (QED) is 0.811. The average molecular weight is 309 g/mol. The van der Waals surface area contributed by atoms with Crippen LogP contribution in [0.4, 0.5) is 0 Å². The third kappa shape index (κ3) is 4.57. The summed E-state index contributed by atoms with van der Waals surface area (Å²) in [6.45, 7) is 12.4. The van der Waals surface area contributed by atoms with Gasteiger partial charge in [0, 0.05) is 31.1 Å². The van der Waals surface area contributed by atoms with Crippen molar-refractivity contribution in [2.75, 3.05) is 6.54 Å². The highest BCUT2D eigenvalue weighted by molar-refractivity contribution is 5.76. The van der Waals surface area contributed by atoms with Gasteiger partial charge in [-0.05, 0) is 31.7 Å². The van der Waals surface area contributed by atoms with Crippen molar-refractivity contribution in [2.24, 2.45) is 18.4 Å². The van der Waals surface area contributed by atoms with Crippen molar-refractivity contribution in [3.05, 3.63) is 17.0 Å². The predicted molar refractivity (Wildman–Crippen MR) is 88.6 cm³/mol. The Morgan fingerprint density at radius 2 is 1.95 bits per heavy atom. The average Bonchev–Trinajstić information content (AvgIpc) is 2.67. The Balaban J connectivity index is 2.51. The molecular weight excluding hydrogens is 278 g/mol. The van der Waals surface area contributed by atoms with Crippen molar-refractivity contribution >= 4 is 5.91 Å². The van der Waals surface area contributed by atoms with Crippen LogP contribution in [-0.2, 0) is 18.3 Å².